The van der Waals surface area contributed by atoms with E-state index in [0.717, 1.165) is 29.3 Å². The first-order valence-corrected chi connectivity index (χ1v) is 9.83. The van der Waals surface area contributed by atoms with Gasteiger partial charge in [-0.3, -0.25) is 0 Å². The Morgan fingerprint density at radius 3 is 2.58 bits per heavy atom. The third-order valence-electron chi connectivity index (χ3n) is 5.04. The van der Waals surface area contributed by atoms with Crippen LogP contribution in [-0.4, -0.2) is 27.1 Å². The zero-order valence-corrected chi connectivity index (χ0v) is 15.1. The van der Waals surface area contributed by atoms with Gasteiger partial charge in [-0.05, 0) is 60.9 Å². The van der Waals surface area contributed by atoms with Crippen LogP contribution in [0.4, 0.5) is 4.39 Å². The van der Waals surface area contributed by atoms with Gasteiger partial charge in [0.2, 0.25) is 10.0 Å². The van der Waals surface area contributed by atoms with Gasteiger partial charge < -0.3 is 9.72 Å². The molecule has 2 N–H and O–H groups in total. The van der Waals surface area contributed by atoms with E-state index >= 15 is 0 Å². The maximum Gasteiger partial charge on any atom is 0.240 e. The molecule has 136 valence electrons. The highest BCUT2D eigenvalue weighted by Gasteiger charge is 2.46. The molecular formula is C19H19FN2O3S. The van der Waals surface area contributed by atoms with Crippen molar-refractivity contribution >= 4 is 20.9 Å². The van der Waals surface area contributed by atoms with Gasteiger partial charge in [-0.1, -0.05) is 0 Å². The normalized spacial score (nSPS) is 15.9. The number of fused-ring (bicyclic) bond motifs is 1. The maximum atomic E-state index is 13.6. The molecule has 3 aromatic rings. The number of aromatic nitrogens is 1. The molecule has 1 aliphatic rings. The Morgan fingerprint density at radius 1 is 1.19 bits per heavy atom. The zero-order valence-electron chi connectivity index (χ0n) is 14.3. The Balaban J connectivity index is 1.57. The van der Waals surface area contributed by atoms with Gasteiger partial charge in [-0.2, -0.15) is 0 Å². The largest absolute Gasteiger partial charge is 0.497 e. The average molecular weight is 374 g/mol. The SMILES string of the molecule is COc1ccc(S(=O)(=O)NCC2(c3c[nH]c4ccc(F)cc34)CC2)cc1. The number of nitrogens with one attached hydrogen (secondary N) is 2. The third-order valence-corrected chi connectivity index (χ3v) is 6.46. The van der Waals surface area contributed by atoms with E-state index in [4.69, 9.17) is 4.74 Å². The second kappa shape index (κ2) is 6.10. The van der Waals surface area contributed by atoms with Gasteiger partial charge in [0, 0.05) is 29.1 Å². The van der Waals surface area contributed by atoms with Crippen molar-refractivity contribution in [3.8, 4) is 5.75 Å². The molecule has 1 fully saturated rings. The van der Waals surface area contributed by atoms with Crippen LogP contribution in [0, 0.1) is 5.82 Å². The molecule has 0 spiro atoms. The Labute approximate surface area is 151 Å². The smallest absolute Gasteiger partial charge is 0.240 e. The van der Waals surface area contributed by atoms with Crippen molar-refractivity contribution in [1.29, 1.82) is 0 Å². The molecule has 5 nitrogen and oxygen atoms in total. The summed E-state index contributed by atoms with van der Waals surface area (Å²) in [6.07, 6.45) is 3.59. The van der Waals surface area contributed by atoms with Crippen LogP contribution in [0.3, 0.4) is 0 Å². The summed E-state index contributed by atoms with van der Waals surface area (Å²) in [5, 5.41) is 0.811. The van der Waals surface area contributed by atoms with Crippen LogP contribution >= 0.6 is 0 Å². The van der Waals surface area contributed by atoms with Crippen molar-refractivity contribution in [2.75, 3.05) is 13.7 Å². The fraction of sp³-hybridized carbons (Fsp3) is 0.263. The molecule has 1 aliphatic carbocycles. The first kappa shape index (κ1) is 17.1. The summed E-state index contributed by atoms with van der Waals surface area (Å²) in [5.74, 6) is 0.302. The number of methoxy groups -OCH3 is 1. The highest BCUT2D eigenvalue weighted by Crippen LogP contribution is 2.50. The van der Waals surface area contributed by atoms with Crippen LogP contribution in [0.5, 0.6) is 5.75 Å². The summed E-state index contributed by atoms with van der Waals surface area (Å²) in [6, 6.07) is 10.9. The number of halogens is 1. The number of hydrogen-bond acceptors (Lipinski definition) is 3. The lowest BCUT2D eigenvalue weighted by atomic mass is 9.96. The molecule has 0 amide bonds. The van der Waals surface area contributed by atoms with Crippen molar-refractivity contribution in [1.82, 2.24) is 9.71 Å². The molecule has 4 rings (SSSR count). The van der Waals surface area contributed by atoms with E-state index in [1.807, 2.05) is 6.20 Å². The van der Waals surface area contributed by atoms with Gasteiger partial charge in [-0.15, -0.1) is 0 Å². The Morgan fingerprint density at radius 2 is 1.92 bits per heavy atom. The predicted octanol–water partition coefficient (Wildman–Crippen LogP) is 3.33. The number of hydrogen-bond donors (Lipinski definition) is 2. The van der Waals surface area contributed by atoms with Gasteiger partial charge in [0.15, 0.2) is 0 Å². The Bertz CT molecular complexity index is 1050. The van der Waals surface area contributed by atoms with Crippen molar-refractivity contribution in [2.24, 2.45) is 0 Å². The topological polar surface area (TPSA) is 71.2 Å². The molecule has 7 heteroatoms. The lowest BCUT2D eigenvalue weighted by Gasteiger charge is -2.16. The summed E-state index contributed by atoms with van der Waals surface area (Å²) in [7, 11) is -2.09. The average Bonchev–Trinajstić information content (AvgIpc) is 3.32. The summed E-state index contributed by atoms with van der Waals surface area (Å²) in [6.45, 7) is 0.283. The molecule has 2 aromatic carbocycles. The minimum Gasteiger partial charge on any atom is -0.497 e. The number of ether oxygens (including phenoxy) is 1. The van der Waals surface area contributed by atoms with Crippen molar-refractivity contribution in [3.05, 3.63) is 60.0 Å². The first-order chi connectivity index (χ1) is 12.4. The fourth-order valence-corrected chi connectivity index (χ4v) is 4.42. The molecule has 0 unspecified atom stereocenters. The van der Waals surface area contributed by atoms with Gasteiger partial charge in [0.1, 0.15) is 11.6 Å². The van der Waals surface area contributed by atoms with Gasteiger partial charge >= 0.3 is 0 Å². The fourth-order valence-electron chi connectivity index (χ4n) is 3.30. The van der Waals surface area contributed by atoms with Crippen LogP contribution in [0.1, 0.15) is 18.4 Å². The lowest BCUT2D eigenvalue weighted by Crippen LogP contribution is -2.32. The predicted molar refractivity (Wildman–Crippen MR) is 97.4 cm³/mol. The highest BCUT2D eigenvalue weighted by atomic mass is 32.2. The van der Waals surface area contributed by atoms with Crippen LogP contribution in [0.2, 0.25) is 0 Å². The first-order valence-electron chi connectivity index (χ1n) is 8.34. The highest BCUT2D eigenvalue weighted by molar-refractivity contribution is 7.89. The standard InChI is InChI=1S/C19H19FN2O3S/c1-25-14-3-5-15(6-4-14)26(23,24)22-12-19(8-9-19)17-11-21-18-7-2-13(20)10-16(17)18/h2-7,10-11,21-22H,8-9,12H2,1H3. The van der Waals surface area contributed by atoms with Crippen LogP contribution in [0.25, 0.3) is 10.9 Å². The monoisotopic (exact) mass is 374 g/mol. The number of aromatic amines is 1. The summed E-state index contributed by atoms with van der Waals surface area (Å²) in [5.41, 5.74) is 1.53. The maximum absolute atomic E-state index is 13.6. The van der Waals surface area contributed by atoms with Crippen molar-refractivity contribution in [3.63, 3.8) is 0 Å². The van der Waals surface area contributed by atoms with Gasteiger partial charge in [-0.25, -0.2) is 17.5 Å². The zero-order chi connectivity index (χ0) is 18.4. The molecule has 0 radical (unpaired) electrons. The van der Waals surface area contributed by atoms with Crippen LogP contribution in [-0.2, 0) is 15.4 Å². The van der Waals surface area contributed by atoms with Gasteiger partial charge in [0.25, 0.3) is 0 Å². The van der Waals surface area contributed by atoms with Crippen molar-refractivity contribution in [2.45, 2.75) is 23.2 Å². The van der Waals surface area contributed by atoms with E-state index in [-0.39, 0.29) is 22.7 Å². The minimum atomic E-state index is -3.62. The molecule has 0 saturated heterocycles. The molecular weight excluding hydrogens is 355 g/mol. The van der Waals surface area contributed by atoms with E-state index in [1.165, 1.54) is 31.4 Å². The molecule has 1 saturated carbocycles. The number of benzene rings is 2. The third kappa shape index (κ3) is 2.97. The number of rotatable bonds is 6. The Kier molecular flexibility index (Phi) is 4.00. The van der Waals surface area contributed by atoms with Crippen molar-refractivity contribution < 1.29 is 17.5 Å². The van der Waals surface area contributed by atoms with Crippen LogP contribution in [0.15, 0.2) is 53.6 Å². The van der Waals surface area contributed by atoms with Gasteiger partial charge in [0.05, 0.1) is 12.0 Å². The second-order valence-electron chi connectivity index (χ2n) is 6.67. The van der Waals surface area contributed by atoms with E-state index in [0.29, 0.717) is 5.75 Å². The second-order valence-corrected chi connectivity index (χ2v) is 8.44. The molecule has 1 heterocycles. The molecule has 0 atom stereocenters. The lowest BCUT2D eigenvalue weighted by molar-refractivity contribution is 0.414. The van der Waals surface area contributed by atoms with E-state index < -0.39 is 10.0 Å². The molecule has 0 aliphatic heterocycles. The van der Waals surface area contributed by atoms with E-state index in [9.17, 15) is 12.8 Å². The summed E-state index contributed by atoms with van der Waals surface area (Å²) < 4.78 is 46.5. The quantitative estimate of drug-likeness (QED) is 0.695. The van der Waals surface area contributed by atoms with E-state index in [1.54, 1.807) is 18.2 Å². The number of H-pyrrole nitrogens is 1. The molecule has 0 bridgehead atoms. The Hall–Kier alpha value is -2.38. The summed E-state index contributed by atoms with van der Waals surface area (Å²) >= 11 is 0. The number of sulfonamides is 1. The molecule has 26 heavy (non-hydrogen) atoms. The van der Waals surface area contributed by atoms with Crippen LogP contribution < -0.4 is 9.46 Å². The minimum absolute atomic E-state index is 0.194. The summed E-state index contributed by atoms with van der Waals surface area (Å²) in [4.78, 5) is 3.34. The van der Waals surface area contributed by atoms with E-state index in [2.05, 4.69) is 9.71 Å². The molecule has 1 aromatic heterocycles.